The molecule has 0 fully saturated rings. The zero-order valence-corrected chi connectivity index (χ0v) is 14.8. The molecule has 0 saturated heterocycles. The second kappa shape index (κ2) is 7.59. The first kappa shape index (κ1) is 17.5. The van der Waals surface area contributed by atoms with Crippen LogP contribution in [0.1, 0.15) is 38.2 Å². The second-order valence-electron chi connectivity index (χ2n) is 4.84. The summed E-state index contributed by atoms with van der Waals surface area (Å²) in [7, 11) is 0. The minimum Gasteiger partial charge on any atom is -0.457 e. The molecule has 0 saturated carbocycles. The van der Waals surface area contributed by atoms with Gasteiger partial charge in [0.15, 0.2) is 0 Å². The van der Waals surface area contributed by atoms with Crippen molar-refractivity contribution in [2.24, 2.45) is 0 Å². The van der Waals surface area contributed by atoms with Crippen LogP contribution >= 0.6 is 22.6 Å². The number of rotatable bonds is 3. The van der Waals surface area contributed by atoms with Crippen molar-refractivity contribution in [3.63, 3.8) is 0 Å². The topological polar surface area (TPSA) is 97.7 Å². The van der Waals surface area contributed by atoms with Crippen LogP contribution in [-0.2, 0) is 11.3 Å². The molecule has 0 unspecified atom stereocenters. The largest absolute Gasteiger partial charge is 0.457 e. The minimum absolute atomic E-state index is 0.0288. The summed E-state index contributed by atoms with van der Waals surface area (Å²) in [4.78, 5) is 12.5. The SMILES string of the molecule is Cc1c(C#N)c(I)c(C(=O)OCc2ccccc2)c(C#N)c1C#N. The lowest BCUT2D eigenvalue weighted by Crippen LogP contribution is -2.13. The van der Waals surface area contributed by atoms with Gasteiger partial charge in [0.05, 0.1) is 22.3 Å². The number of esters is 1. The molecule has 0 radical (unpaired) electrons. The van der Waals surface area contributed by atoms with Gasteiger partial charge in [-0.25, -0.2) is 4.79 Å². The molecule has 0 aromatic heterocycles. The molecule has 2 aromatic carbocycles. The third kappa shape index (κ3) is 3.22. The lowest BCUT2D eigenvalue weighted by Gasteiger charge is -2.13. The summed E-state index contributed by atoms with van der Waals surface area (Å²) >= 11 is 1.83. The number of benzene rings is 2. The molecular weight excluding hydrogens is 417 g/mol. The van der Waals surface area contributed by atoms with E-state index in [4.69, 9.17) is 4.74 Å². The Labute approximate surface area is 152 Å². The number of hydrogen-bond acceptors (Lipinski definition) is 5. The Morgan fingerprint density at radius 1 is 1.04 bits per heavy atom. The fourth-order valence-electron chi connectivity index (χ4n) is 2.21. The van der Waals surface area contributed by atoms with E-state index in [0.29, 0.717) is 9.13 Å². The van der Waals surface area contributed by atoms with Gasteiger partial charge in [-0.1, -0.05) is 30.3 Å². The molecule has 0 N–H and O–H groups in total. The molecule has 0 aliphatic heterocycles. The van der Waals surface area contributed by atoms with E-state index >= 15 is 0 Å². The van der Waals surface area contributed by atoms with Gasteiger partial charge in [0.1, 0.15) is 24.8 Å². The molecule has 0 spiro atoms. The monoisotopic (exact) mass is 427 g/mol. The van der Waals surface area contributed by atoms with Crippen molar-refractivity contribution in [2.45, 2.75) is 13.5 Å². The van der Waals surface area contributed by atoms with Crippen LogP contribution in [0.4, 0.5) is 0 Å². The van der Waals surface area contributed by atoms with Gasteiger partial charge in [-0.05, 0) is 40.6 Å². The van der Waals surface area contributed by atoms with Gasteiger partial charge in [0.25, 0.3) is 0 Å². The van der Waals surface area contributed by atoms with Gasteiger partial charge in [0.2, 0.25) is 0 Å². The number of nitriles is 3. The molecule has 5 nitrogen and oxygen atoms in total. The first-order chi connectivity index (χ1) is 11.5. The molecule has 0 bridgehead atoms. The van der Waals surface area contributed by atoms with Crippen LogP contribution in [0, 0.1) is 44.5 Å². The first-order valence-corrected chi connectivity index (χ1v) is 7.90. The van der Waals surface area contributed by atoms with Crippen molar-refractivity contribution in [3.8, 4) is 18.2 Å². The summed E-state index contributed by atoms with van der Waals surface area (Å²) in [6.07, 6.45) is 0. The Morgan fingerprint density at radius 2 is 1.62 bits per heavy atom. The standard InChI is InChI=1S/C18H10IN3O2/c1-11-13(7-20)15(9-22)16(17(19)14(11)8-21)18(23)24-10-12-5-3-2-4-6-12/h2-6H,10H2,1H3. The highest BCUT2D eigenvalue weighted by Gasteiger charge is 2.26. The Morgan fingerprint density at radius 3 is 2.17 bits per heavy atom. The van der Waals surface area contributed by atoms with Gasteiger partial charge >= 0.3 is 5.97 Å². The van der Waals surface area contributed by atoms with E-state index in [2.05, 4.69) is 0 Å². The highest BCUT2D eigenvalue weighted by atomic mass is 127. The van der Waals surface area contributed by atoms with Crippen LogP contribution in [0.25, 0.3) is 0 Å². The van der Waals surface area contributed by atoms with E-state index in [0.717, 1.165) is 5.56 Å². The van der Waals surface area contributed by atoms with Crippen LogP contribution in [0.3, 0.4) is 0 Å². The average Bonchev–Trinajstić information content (AvgIpc) is 2.60. The van der Waals surface area contributed by atoms with E-state index in [9.17, 15) is 20.6 Å². The van der Waals surface area contributed by atoms with E-state index < -0.39 is 5.97 Å². The van der Waals surface area contributed by atoms with E-state index in [1.54, 1.807) is 19.1 Å². The maximum atomic E-state index is 12.5. The number of carbonyl (C=O) groups excluding carboxylic acids is 1. The van der Waals surface area contributed by atoms with Crippen LogP contribution < -0.4 is 0 Å². The van der Waals surface area contributed by atoms with E-state index in [1.165, 1.54) is 0 Å². The molecule has 116 valence electrons. The van der Waals surface area contributed by atoms with Crippen molar-refractivity contribution >= 4 is 28.6 Å². The predicted octanol–water partition coefficient (Wildman–Crippen LogP) is 3.57. The molecule has 6 heteroatoms. The lowest BCUT2D eigenvalue weighted by atomic mass is 9.94. The Bertz CT molecular complexity index is 932. The predicted molar refractivity (Wildman–Crippen MR) is 93.6 cm³/mol. The third-order valence-corrected chi connectivity index (χ3v) is 4.52. The number of halogens is 1. The fraction of sp³-hybridized carbons (Fsp3) is 0.111. The highest BCUT2D eigenvalue weighted by molar-refractivity contribution is 14.1. The molecule has 0 aliphatic carbocycles. The zero-order valence-electron chi connectivity index (χ0n) is 12.6. The quantitative estimate of drug-likeness (QED) is 0.551. The van der Waals surface area contributed by atoms with Crippen LogP contribution in [0.15, 0.2) is 30.3 Å². The summed E-state index contributed by atoms with van der Waals surface area (Å²) in [5.74, 6) is -0.729. The number of nitrogens with zero attached hydrogens (tertiary/aromatic N) is 3. The van der Waals surface area contributed by atoms with Crippen LogP contribution in [0.2, 0.25) is 0 Å². The summed E-state index contributed by atoms with van der Waals surface area (Å²) in [6, 6.07) is 14.9. The molecular formula is C18H10IN3O2. The number of ether oxygens (including phenoxy) is 1. The lowest BCUT2D eigenvalue weighted by molar-refractivity contribution is 0.0471. The van der Waals surface area contributed by atoms with Crippen molar-refractivity contribution < 1.29 is 9.53 Å². The van der Waals surface area contributed by atoms with Crippen molar-refractivity contribution in [1.29, 1.82) is 15.8 Å². The number of carbonyl (C=O) groups is 1. The molecule has 2 rings (SSSR count). The van der Waals surface area contributed by atoms with Crippen LogP contribution in [0.5, 0.6) is 0 Å². The van der Waals surface area contributed by atoms with Gasteiger partial charge in [-0.2, -0.15) is 15.8 Å². The Balaban J connectivity index is 2.50. The van der Waals surface area contributed by atoms with Gasteiger partial charge in [-0.3, -0.25) is 0 Å². The van der Waals surface area contributed by atoms with Crippen molar-refractivity contribution in [1.82, 2.24) is 0 Å². The second-order valence-corrected chi connectivity index (χ2v) is 5.91. The summed E-state index contributed by atoms with van der Waals surface area (Å²) in [5.41, 5.74) is 1.33. The van der Waals surface area contributed by atoms with Gasteiger partial charge in [0, 0.05) is 3.57 Å². The Kier molecular flexibility index (Phi) is 5.52. The fourth-order valence-corrected chi connectivity index (χ4v) is 3.22. The molecule has 0 atom stereocenters. The van der Waals surface area contributed by atoms with Crippen LogP contribution in [-0.4, -0.2) is 5.97 Å². The normalized spacial score (nSPS) is 9.46. The molecule has 2 aromatic rings. The number of hydrogen-bond donors (Lipinski definition) is 0. The smallest absolute Gasteiger partial charge is 0.341 e. The van der Waals surface area contributed by atoms with Crippen molar-refractivity contribution in [3.05, 3.63) is 67.3 Å². The summed E-state index contributed by atoms with van der Waals surface area (Å²) in [6.45, 7) is 1.62. The Hall–Kier alpha value is -2.89. The minimum atomic E-state index is -0.729. The van der Waals surface area contributed by atoms with E-state index in [1.807, 2.05) is 59.0 Å². The van der Waals surface area contributed by atoms with Gasteiger partial charge in [-0.15, -0.1) is 0 Å². The molecule has 0 amide bonds. The molecule has 24 heavy (non-hydrogen) atoms. The molecule has 0 heterocycles. The summed E-state index contributed by atoms with van der Waals surface area (Å²) in [5, 5.41) is 28.0. The van der Waals surface area contributed by atoms with E-state index in [-0.39, 0.29) is 28.9 Å². The van der Waals surface area contributed by atoms with Gasteiger partial charge < -0.3 is 4.74 Å². The van der Waals surface area contributed by atoms with Crippen molar-refractivity contribution in [2.75, 3.05) is 0 Å². The highest BCUT2D eigenvalue weighted by Crippen LogP contribution is 2.29. The maximum absolute atomic E-state index is 12.5. The average molecular weight is 427 g/mol. The third-order valence-electron chi connectivity index (χ3n) is 3.44. The first-order valence-electron chi connectivity index (χ1n) is 6.82. The molecule has 0 aliphatic rings. The summed E-state index contributed by atoms with van der Waals surface area (Å²) < 4.78 is 5.58. The zero-order chi connectivity index (χ0) is 17.7. The maximum Gasteiger partial charge on any atom is 0.341 e.